The predicted molar refractivity (Wildman–Crippen MR) is 95.3 cm³/mol. The van der Waals surface area contributed by atoms with Crippen LogP contribution in [0.15, 0.2) is 58.3 Å². The Morgan fingerprint density at radius 1 is 0.640 bits per heavy atom. The van der Waals surface area contributed by atoms with E-state index in [0.29, 0.717) is 0 Å². The third-order valence-electron chi connectivity index (χ3n) is 2.90. The zero-order chi connectivity index (χ0) is 18.9. The molecule has 0 aromatic heterocycles. The Kier molecular flexibility index (Phi) is 5.11. The van der Waals surface area contributed by atoms with Gasteiger partial charge in [-0.1, -0.05) is 12.1 Å². The fourth-order valence-electron chi connectivity index (χ4n) is 2.02. The number of benzene rings is 2. The minimum atomic E-state index is -3.96. The molecule has 2 aromatic carbocycles. The van der Waals surface area contributed by atoms with Gasteiger partial charge in [0.25, 0.3) is 0 Å². The van der Waals surface area contributed by atoms with Crippen LogP contribution in [0.2, 0.25) is 0 Å². The SMILES string of the molecule is CS(=O)(=O)Nc1cccc(S(=O)(=O)c2cccc(NS(C)(=O)=O)c2)c1. The number of rotatable bonds is 6. The lowest BCUT2D eigenvalue weighted by Crippen LogP contribution is -2.11. The lowest BCUT2D eigenvalue weighted by atomic mass is 10.3. The van der Waals surface area contributed by atoms with Gasteiger partial charge in [0.15, 0.2) is 0 Å². The van der Waals surface area contributed by atoms with Crippen LogP contribution in [0.5, 0.6) is 0 Å². The van der Waals surface area contributed by atoms with E-state index in [2.05, 4.69) is 9.44 Å². The number of sulfone groups is 1. The predicted octanol–water partition coefficient (Wildman–Crippen LogP) is 1.26. The van der Waals surface area contributed by atoms with Crippen LogP contribution in [0.25, 0.3) is 0 Å². The molecular formula is C14H16N2O6S3. The van der Waals surface area contributed by atoms with Crippen LogP contribution in [0, 0.1) is 0 Å². The molecule has 25 heavy (non-hydrogen) atoms. The van der Waals surface area contributed by atoms with Crippen LogP contribution >= 0.6 is 0 Å². The molecule has 136 valence electrons. The van der Waals surface area contributed by atoms with Crippen LogP contribution in [-0.2, 0) is 29.9 Å². The summed E-state index contributed by atoms with van der Waals surface area (Å²) in [4.78, 5) is -0.254. The van der Waals surface area contributed by atoms with Crippen molar-refractivity contribution >= 4 is 41.3 Å². The molecule has 0 heterocycles. The van der Waals surface area contributed by atoms with Crippen molar-refractivity contribution in [3.05, 3.63) is 48.5 Å². The summed E-state index contributed by atoms with van der Waals surface area (Å²) >= 11 is 0. The molecule has 11 heteroatoms. The van der Waals surface area contributed by atoms with Crippen molar-refractivity contribution in [3.8, 4) is 0 Å². The van der Waals surface area contributed by atoms with Crippen molar-refractivity contribution in [2.45, 2.75) is 9.79 Å². The van der Waals surface area contributed by atoms with E-state index in [0.717, 1.165) is 12.5 Å². The van der Waals surface area contributed by atoms with E-state index in [1.165, 1.54) is 48.5 Å². The Labute approximate surface area is 146 Å². The second-order valence-corrected chi connectivity index (χ2v) is 10.8. The van der Waals surface area contributed by atoms with Crippen molar-refractivity contribution in [1.29, 1.82) is 0 Å². The lowest BCUT2D eigenvalue weighted by molar-refractivity contribution is 0.595. The summed E-state index contributed by atoms with van der Waals surface area (Å²) in [5.74, 6) is 0. The van der Waals surface area contributed by atoms with Crippen molar-refractivity contribution in [2.75, 3.05) is 22.0 Å². The highest BCUT2D eigenvalue weighted by atomic mass is 32.2. The van der Waals surface area contributed by atoms with Gasteiger partial charge in [-0.15, -0.1) is 0 Å². The van der Waals surface area contributed by atoms with Gasteiger partial charge in [-0.05, 0) is 36.4 Å². The average molecular weight is 404 g/mol. The minimum Gasteiger partial charge on any atom is -0.284 e. The second kappa shape index (κ2) is 6.65. The molecule has 0 amide bonds. The van der Waals surface area contributed by atoms with Crippen LogP contribution in [0.4, 0.5) is 11.4 Å². The summed E-state index contributed by atoms with van der Waals surface area (Å²) in [7, 11) is -11.1. The molecule has 0 aliphatic heterocycles. The van der Waals surface area contributed by atoms with Gasteiger partial charge in [0.1, 0.15) is 0 Å². The molecule has 0 fully saturated rings. The average Bonchev–Trinajstić information content (AvgIpc) is 2.44. The highest BCUT2D eigenvalue weighted by Gasteiger charge is 2.19. The molecule has 2 rings (SSSR count). The first-order valence-electron chi connectivity index (χ1n) is 6.78. The van der Waals surface area contributed by atoms with E-state index in [1.54, 1.807) is 0 Å². The standard InChI is InChI=1S/C14H16N2O6S3/c1-23(17,18)15-11-5-3-7-13(9-11)25(21,22)14-8-4-6-12(10-14)16-24(2,19)20/h3-10,15-16H,1-2H3. The number of nitrogens with one attached hydrogen (secondary N) is 2. The number of sulfonamides is 2. The molecule has 0 bridgehead atoms. The topological polar surface area (TPSA) is 126 Å². The molecule has 0 saturated heterocycles. The van der Waals surface area contributed by atoms with Crippen molar-refractivity contribution in [2.24, 2.45) is 0 Å². The summed E-state index contributed by atoms with van der Waals surface area (Å²) in [5, 5.41) is 0. The van der Waals surface area contributed by atoms with Gasteiger partial charge in [0, 0.05) is 11.4 Å². The maximum atomic E-state index is 12.7. The Bertz CT molecular complexity index is 1020. The number of anilines is 2. The summed E-state index contributed by atoms with van der Waals surface area (Å²) in [5.41, 5.74) is 0.211. The third kappa shape index (κ3) is 5.44. The molecule has 0 unspecified atom stereocenters. The van der Waals surface area contributed by atoms with Crippen LogP contribution in [-0.4, -0.2) is 37.8 Å². The van der Waals surface area contributed by atoms with Crippen LogP contribution in [0.1, 0.15) is 0 Å². The fourth-order valence-corrected chi connectivity index (χ4v) is 4.48. The van der Waals surface area contributed by atoms with Crippen molar-refractivity contribution in [1.82, 2.24) is 0 Å². The fraction of sp³-hybridized carbons (Fsp3) is 0.143. The molecule has 8 nitrogen and oxygen atoms in total. The Balaban J connectivity index is 2.46. The minimum absolute atomic E-state index is 0.106. The van der Waals surface area contributed by atoms with Crippen molar-refractivity contribution < 1.29 is 25.3 Å². The molecule has 0 saturated carbocycles. The van der Waals surface area contributed by atoms with Gasteiger partial charge in [-0.25, -0.2) is 25.3 Å². The Hall–Kier alpha value is -2.11. The second-order valence-electron chi connectivity index (χ2n) is 5.31. The largest absolute Gasteiger partial charge is 0.284 e. The van der Waals surface area contributed by atoms with E-state index in [9.17, 15) is 25.3 Å². The first-order chi connectivity index (χ1) is 11.4. The molecular weight excluding hydrogens is 388 g/mol. The third-order valence-corrected chi connectivity index (χ3v) is 5.86. The molecule has 0 aliphatic rings. The van der Waals surface area contributed by atoms with Gasteiger partial charge in [0.05, 0.1) is 22.3 Å². The molecule has 0 atom stereocenters. The molecule has 2 N–H and O–H groups in total. The summed E-state index contributed by atoms with van der Waals surface area (Å²) in [6.07, 6.45) is 1.91. The molecule has 0 spiro atoms. The Morgan fingerprint density at radius 3 is 1.32 bits per heavy atom. The van der Waals surface area contributed by atoms with E-state index in [1.807, 2.05) is 0 Å². The molecule has 0 radical (unpaired) electrons. The van der Waals surface area contributed by atoms with E-state index in [-0.39, 0.29) is 21.2 Å². The van der Waals surface area contributed by atoms with Crippen LogP contribution < -0.4 is 9.44 Å². The van der Waals surface area contributed by atoms with Gasteiger partial charge in [0.2, 0.25) is 29.9 Å². The highest BCUT2D eigenvalue weighted by Crippen LogP contribution is 2.25. The summed E-state index contributed by atoms with van der Waals surface area (Å²) in [6, 6.07) is 10.7. The van der Waals surface area contributed by atoms with E-state index < -0.39 is 29.9 Å². The quantitative estimate of drug-likeness (QED) is 0.746. The van der Waals surface area contributed by atoms with Gasteiger partial charge in [-0.3, -0.25) is 9.44 Å². The lowest BCUT2D eigenvalue weighted by Gasteiger charge is -2.10. The van der Waals surface area contributed by atoms with Crippen LogP contribution in [0.3, 0.4) is 0 Å². The number of hydrogen-bond acceptors (Lipinski definition) is 6. The Morgan fingerprint density at radius 2 is 1.00 bits per heavy atom. The maximum Gasteiger partial charge on any atom is 0.229 e. The highest BCUT2D eigenvalue weighted by molar-refractivity contribution is 7.92. The zero-order valence-corrected chi connectivity index (χ0v) is 15.7. The monoisotopic (exact) mass is 404 g/mol. The molecule has 2 aromatic rings. The summed E-state index contributed by atoms with van der Waals surface area (Å²) in [6.45, 7) is 0. The first kappa shape index (κ1) is 19.2. The smallest absolute Gasteiger partial charge is 0.229 e. The van der Waals surface area contributed by atoms with Gasteiger partial charge >= 0.3 is 0 Å². The van der Waals surface area contributed by atoms with Crippen molar-refractivity contribution in [3.63, 3.8) is 0 Å². The normalized spacial score (nSPS) is 12.6. The number of hydrogen-bond donors (Lipinski definition) is 2. The van der Waals surface area contributed by atoms with Gasteiger partial charge in [-0.2, -0.15) is 0 Å². The first-order valence-corrected chi connectivity index (χ1v) is 12.0. The molecule has 0 aliphatic carbocycles. The zero-order valence-electron chi connectivity index (χ0n) is 13.3. The van der Waals surface area contributed by atoms with E-state index >= 15 is 0 Å². The van der Waals surface area contributed by atoms with E-state index in [4.69, 9.17) is 0 Å². The summed E-state index contributed by atoms with van der Waals surface area (Å²) < 4.78 is 75.0. The van der Waals surface area contributed by atoms with Gasteiger partial charge < -0.3 is 0 Å². The maximum absolute atomic E-state index is 12.7.